The molecule has 5 heteroatoms. The lowest BCUT2D eigenvalue weighted by Crippen LogP contribution is -2.45. The fourth-order valence-electron chi connectivity index (χ4n) is 4.45. The minimum absolute atomic E-state index is 0.151. The lowest BCUT2D eigenvalue weighted by atomic mass is 10.0. The Bertz CT molecular complexity index is 1210. The van der Waals surface area contributed by atoms with E-state index >= 15 is 0 Å². The molecule has 2 heterocycles. The number of hydrogen-bond donors (Lipinski definition) is 1. The van der Waals surface area contributed by atoms with Crippen molar-refractivity contribution in [3.8, 4) is 11.5 Å². The largest absolute Gasteiger partial charge is 0.507 e. The summed E-state index contributed by atoms with van der Waals surface area (Å²) in [7, 11) is 0. The standard InChI is InChI=1S/C29H28N2O3/c32-26-15-14-24-28(33)27(13-7-12-22-8-3-1-4-9-22)34-29(24)25(26)21-31-18-16-30(17-19-31)20-23-10-5-2-6-11-23/h1-15,32H,16-21H2/b12-7+,27-13-. The van der Waals surface area contributed by atoms with Gasteiger partial charge in [-0.05, 0) is 29.3 Å². The van der Waals surface area contributed by atoms with Crippen molar-refractivity contribution in [2.45, 2.75) is 13.1 Å². The van der Waals surface area contributed by atoms with Crippen LogP contribution < -0.4 is 4.74 Å². The summed E-state index contributed by atoms with van der Waals surface area (Å²) in [6, 6.07) is 23.7. The van der Waals surface area contributed by atoms with Gasteiger partial charge in [0.05, 0.1) is 11.1 Å². The summed E-state index contributed by atoms with van der Waals surface area (Å²) in [6.45, 7) is 5.20. The molecule has 1 fully saturated rings. The predicted molar refractivity (Wildman–Crippen MR) is 134 cm³/mol. The normalized spacial score (nSPS) is 17.9. The van der Waals surface area contributed by atoms with Gasteiger partial charge >= 0.3 is 0 Å². The van der Waals surface area contributed by atoms with Crippen molar-refractivity contribution in [3.63, 3.8) is 0 Å². The molecule has 0 bridgehead atoms. The number of carbonyl (C=O) groups is 1. The van der Waals surface area contributed by atoms with E-state index < -0.39 is 0 Å². The van der Waals surface area contributed by atoms with Gasteiger partial charge in [0.1, 0.15) is 11.5 Å². The number of rotatable bonds is 6. The average molecular weight is 453 g/mol. The quantitative estimate of drug-likeness (QED) is 0.540. The number of phenolic OH excluding ortho intramolecular Hbond substituents is 1. The van der Waals surface area contributed by atoms with Crippen molar-refractivity contribution in [1.82, 2.24) is 9.80 Å². The number of phenols is 1. The van der Waals surface area contributed by atoms with Crippen LogP contribution in [0, 0.1) is 0 Å². The zero-order valence-electron chi connectivity index (χ0n) is 19.1. The van der Waals surface area contributed by atoms with E-state index in [0.717, 1.165) is 38.3 Å². The number of aromatic hydroxyl groups is 1. The third-order valence-corrected chi connectivity index (χ3v) is 6.35. The molecule has 0 radical (unpaired) electrons. The van der Waals surface area contributed by atoms with Crippen LogP contribution in [-0.4, -0.2) is 46.9 Å². The van der Waals surface area contributed by atoms with Crippen LogP contribution in [0.25, 0.3) is 6.08 Å². The maximum absolute atomic E-state index is 12.9. The van der Waals surface area contributed by atoms with Crippen LogP contribution in [0.4, 0.5) is 0 Å². The molecule has 1 N–H and O–H groups in total. The maximum Gasteiger partial charge on any atom is 0.231 e. The van der Waals surface area contributed by atoms with Gasteiger partial charge in [0.15, 0.2) is 5.76 Å². The van der Waals surface area contributed by atoms with Gasteiger partial charge in [0.2, 0.25) is 5.78 Å². The van der Waals surface area contributed by atoms with Gasteiger partial charge in [-0.3, -0.25) is 14.6 Å². The smallest absolute Gasteiger partial charge is 0.231 e. The van der Waals surface area contributed by atoms with E-state index in [1.165, 1.54) is 5.56 Å². The lowest BCUT2D eigenvalue weighted by molar-refractivity contribution is 0.101. The predicted octanol–water partition coefficient (Wildman–Crippen LogP) is 4.88. The van der Waals surface area contributed by atoms with Crippen molar-refractivity contribution in [2.75, 3.05) is 26.2 Å². The van der Waals surface area contributed by atoms with E-state index in [1.807, 2.05) is 48.6 Å². The highest BCUT2D eigenvalue weighted by molar-refractivity contribution is 6.12. The molecule has 2 aliphatic rings. The van der Waals surface area contributed by atoms with Crippen molar-refractivity contribution in [2.24, 2.45) is 0 Å². The summed E-state index contributed by atoms with van der Waals surface area (Å²) in [5.41, 5.74) is 3.56. The topological polar surface area (TPSA) is 53.0 Å². The van der Waals surface area contributed by atoms with Gasteiger partial charge < -0.3 is 9.84 Å². The molecule has 2 aliphatic heterocycles. The van der Waals surface area contributed by atoms with Gasteiger partial charge in [-0.2, -0.15) is 0 Å². The number of ether oxygens (including phenoxy) is 1. The third kappa shape index (κ3) is 4.96. The Hall–Kier alpha value is -3.67. The number of allylic oxidation sites excluding steroid dienone is 3. The van der Waals surface area contributed by atoms with Crippen LogP contribution in [0.15, 0.2) is 90.7 Å². The van der Waals surface area contributed by atoms with Crippen molar-refractivity contribution in [1.29, 1.82) is 0 Å². The first-order chi connectivity index (χ1) is 16.7. The van der Waals surface area contributed by atoms with Gasteiger partial charge in [-0.15, -0.1) is 0 Å². The fraction of sp³-hybridized carbons (Fsp3) is 0.207. The van der Waals surface area contributed by atoms with Crippen molar-refractivity contribution < 1.29 is 14.6 Å². The number of Topliss-reactive ketones (excluding diaryl/α,β-unsaturated/α-hetero) is 1. The number of nitrogens with zero attached hydrogens (tertiary/aromatic N) is 2. The zero-order chi connectivity index (χ0) is 23.3. The molecule has 0 amide bonds. The van der Waals surface area contributed by atoms with Gasteiger partial charge in [0.25, 0.3) is 0 Å². The molecular weight excluding hydrogens is 424 g/mol. The number of benzene rings is 3. The second-order valence-corrected chi connectivity index (χ2v) is 8.71. The molecule has 0 spiro atoms. The average Bonchev–Trinajstić information content (AvgIpc) is 3.19. The highest BCUT2D eigenvalue weighted by atomic mass is 16.5. The first kappa shape index (κ1) is 22.1. The molecule has 0 aromatic heterocycles. The van der Waals surface area contributed by atoms with E-state index in [1.54, 1.807) is 18.2 Å². The monoisotopic (exact) mass is 452 g/mol. The Morgan fingerprint density at radius 1 is 0.824 bits per heavy atom. The van der Waals surface area contributed by atoms with Crippen LogP contribution in [0.5, 0.6) is 11.5 Å². The van der Waals surface area contributed by atoms with Crippen LogP contribution in [0.2, 0.25) is 0 Å². The third-order valence-electron chi connectivity index (χ3n) is 6.35. The molecule has 172 valence electrons. The first-order valence-electron chi connectivity index (χ1n) is 11.7. The van der Waals surface area contributed by atoms with E-state index in [-0.39, 0.29) is 17.3 Å². The Balaban J connectivity index is 1.25. The maximum atomic E-state index is 12.9. The molecule has 5 nitrogen and oxygen atoms in total. The molecule has 5 rings (SSSR count). The van der Waals surface area contributed by atoms with Crippen molar-refractivity contribution in [3.05, 3.63) is 113 Å². The number of piperazine rings is 1. The summed E-state index contributed by atoms with van der Waals surface area (Å²) in [6.07, 6.45) is 5.44. The highest BCUT2D eigenvalue weighted by Crippen LogP contribution is 2.39. The summed E-state index contributed by atoms with van der Waals surface area (Å²) in [5.74, 6) is 0.777. The summed E-state index contributed by atoms with van der Waals surface area (Å²) >= 11 is 0. The summed E-state index contributed by atoms with van der Waals surface area (Å²) in [5, 5.41) is 10.6. The van der Waals surface area contributed by atoms with Crippen LogP contribution >= 0.6 is 0 Å². The van der Waals surface area contributed by atoms with Crippen LogP contribution in [0.3, 0.4) is 0 Å². The Kier molecular flexibility index (Phi) is 6.56. The van der Waals surface area contributed by atoms with Gasteiger partial charge in [-0.1, -0.05) is 72.8 Å². The number of carbonyl (C=O) groups excluding carboxylic acids is 1. The van der Waals surface area contributed by atoms with E-state index in [4.69, 9.17) is 4.74 Å². The highest BCUT2D eigenvalue weighted by Gasteiger charge is 2.31. The molecule has 1 saturated heterocycles. The van der Waals surface area contributed by atoms with Crippen LogP contribution in [-0.2, 0) is 13.1 Å². The first-order valence-corrected chi connectivity index (χ1v) is 11.7. The number of hydrogen-bond acceptors (Lipinski definition) is 5. The molecular formula is C29H28N2O3. The molecule has 0 aliphatic carbocycles. The summed E-state index contributed by atoms with van der Waals surface area (Å²) in [4.78, 5) is 17.6. The molecule has 3 aromatic rings. The summed E-state index contributed by atoms with van der Waals surface area (Å²) < 4.78 is 5.97. The Labute approximate surface area is 200 Å². The fourth-order valence-corrected chi connectivity index (χ4v) is 4.45. The van der Waals surface area contributed by atoms with Crippen molar-refractivity contribution >= 4 is 11.9 Å². The molecule has 3 aromatic carbocycles. The second-order valence-electron chi connectivity index (χ2n) is 8.71. The molecule has 34 heavy (non-hydrogen) atoms. The van der Waals surface area contributed by atoms with Gasteiger partial charge in [0, 0.05) is 39.3 Å². The lowest BCUT2D eigenvalue weighted by Gasteiger charge is -2.35. The Morgan fingerprint density at radius 3 is 2.18 bits per heavy atom. The van der Waals surface area contributed by atoms with E-state index in [0.29, 0.717) is 23.4 Å². The minimum atomic E-state index is -0.151. The minimum Gasteiger partial charge on any atom is -0.507 e. The Morgan fingerprint density at radius 2 is 1.47 bits per heavy atom. The molecule has 0 atom stereocenters. The number of ketones is 1. The second kappa shape index (κ2) is 10.1. The van der Waals surface area contributed by atoms with Gasteiger partial charge in [-0.25, -0.2) is 0 Å². The van der Waals surface area contributed by atoms with Crippen LogP contribution in [0.1, 0.15) is 27.0 Å². The number of fused-ring (bicyclic) bond motifs is 1. The van der Waals surface area contributed by atoms with E-state index in [9.17, 15) is 9.90 Å². The SMILES string of the molecule is O=C1/C(=C/C=C/c2ccccc2)Oc2c1ccc(O)c2CN1CCN(Cc2ccccc2)CC1. The van der Waals surface area contributed by atoms with E-state index in [2.05, 4.69) is 34.1 Å². The molecule has 0 saturated carbocycles. The molecule has 0 unspecified atom stereocenters. The zero-order valence-corrected chi connectivity index (χ0v) is 19.1.